The molecular weight excluding hydrogens is 300 g/mol. The third-order valence-electron chi connectivity index (χ3n) is 5.52. The van der Waals surface area contributed by atoms with Crippen LogP contribution in [0.25, 0.3) is 0 Å². The summed E-state index contributed by atoms with van der Waals surface area (Å²) in [6.07, 6.45) is 0.439. The lowest BCUT2D eigenvalue weighted by Crippen LogP contribution is -2.47. The minimum Gasteiger partial charge on any atom is -0.462 e. The molecule has 0 aromatic carbocycles. The first-order valence-corrected chi connectivity index (χ1v) is 7.87. The Balaban J connectivity index is 1.93. The minimum absolute atomic E-state index is 0.00336. The van der Waals surface area contributed by atoms with Crippen LogP contribution in [-0.4, -0.2) is 46.6 Å². The molecular formula is C17H22O6. The van der Waals surface area contributed by atoms with E-state index in [9.17, 15) is 19.8 Å². The number of hydrogen-bond acceptors (Lipinski definition) is 6. The molecule has 3 rings (SSSR count). The second kappa shape index (κ2) is 5.46. The highest BCUT2D eigenvalue weighted by molar-refractivity contribution is 5.83. The van der Waals surface area contributed by atoms with Gasteiger partial charge in [-0.25, -0.2) is 4.79 Å². The SMILES string of the molecule is C=C1[C@@H]2[C@@H]3OC(=O)[C@](O)(COC(C)=O)[C@H]3CCC(=C)[C@@H]2C[C@@H]1O. The fourth-order valence-electron chi connectivity index (χ4n) is 4.24. The van der Waals surface area contributed by atoms with Gasteiger partial charge in [-0.3, -0.25) is 4.79 Å². The summed E-state index contributed by atoms with van der Waals surface area (Å²) in [4.78, 5) is 23.3. The van der Waals surface area contributed by atoms with Crippen LogP contribution in [0.2, 0.25) is 0 Å². The Hall–Kier alpha value is -1.66. The number of aliphatic hydroxyl groups excluding tert-OH is 1. The summed E-state index contributed by atoms with van der Waals surface area (Å²) in [6, 6.07) is 0. The second-order valence-corrected chi connectivity index (χ2v) is 6.84. The summed E-state index contributed by atoms with van der Waals surface area (Å²) >= 11 is 0. The van der Waals surface area contributed by atoms with Gasteiger partial charge in [-0.15, -0.1) is 0 Å². The van der Waals surface area contributed by atoms with Crippen LogP contribution in [0.4, 0.5) is 0 Å². The molecule has 6 atom stereocenters. The van der Waals surface area contributed by atoms with Gasteiger partial charge in [0.15, 0.2) is 0 Å². The van der Waals surface area contributed by atoms with Crippen LogP contribution in [0.15, 0.2) is 24.3 Å². The van der Waals surface area contributed by atoms with Crippen molar-refractivity contribution in [3.8, 4) is 0 Å². The van der Waals surface area contributed by atoms with Gasteiger partial charge in [-0.05, 0) is 30.8 Å². The Morgan fingerprint density at radius 2 is 2.17 bits per heavy atom. The quantitative estimate of drug-likeness (QED) is 0.575. The third-order valence-corrected chi connectivity index (χ3v) is 5.52. The summed E-state index contributed by atoms with van der Waals surface area (Å²) in [5.41, 5.74) is -0.246. The summed E-state index contributed by atoms with van der Waals surface area (Å²) in [6.45, 7) is 8.86. The molecule has 1 heterocycles. The number of carbonyl (C=O) groups is 2. The average Bonchev–Trinajstić information content (AvgIpc) is 2.85. The summed E-state index contributed by atoms with van der Waals surface area (Å²) in [5.74, 6) is -2.10. The molecule has 0 unspecified atom stereocenters. The molecule has 0 amide bonds. The summed E-state index contributed by atoms with van der Waals surface area (Å²) < 4.78 is 10.4. The number of ether oxygens (including phenoxy) is 2. The van der Waals surface area contributed by atoms with Crippen LogP contribution in [0.3, 0.4) is 0 Å². The molecule has 0 bridgehead atoms. The number of fused-ring (bicyclic) bond motifs is 3. The second-order valence-electron chi connectivity index (χ2n) is 6.84. The topological polar surface area (TPSA) is 93.1 Å². The van der Waals surface area contributed by atoms with Crippen LogP contribution in [0.5, 0.6) is 0 Å². The Bertz CT molecular complexity index is 582. The Morgan fingerprint density at radius 1 is 1.48 bits per heavy atom. The van der Waals surface area contributed by atoms with Crippen molar-refractivity contribution in [2.24, 2.45) is 17.8 Å². The lowest BCUT2D eigenvalue weighted by Gasteiger charge is -2.29. The van der Waals surface area contributed by atoms with Gasteiger partial charge in [0, 0.05) is 18.8 Å². The van der Waals surface area contributed by atoms with E-state index in [-0.39, 0.29) is 11.8 Å². The van der Waals surface area contributed by atoms with Gasteiger partial charge in [-0.1, -0.05) is 18.7 Å². The highest BCUT2D eigenvalue weighted by atomic mass is 16.6. The largest absolute Gasteiger partial charge is 0.462 e. The third kappa shape index (κ3) is 2.40. The minimum atomic E-state index is -1.85. The molecule has 0 aromatic heterocycles. The predicted octanol–water partition coefficient (Wildman–Crippen LogP) is 0.725. The van der Waals surface area contributed by atoms with Gasteiger partial charge in [0.2, 0.25) is 5.60 Å². The van der Waals surface area contributed by atoms with E-state index in [1.54, 1.807) is 0 Å². The first-order chi connectivity index (χ1) is 10.8. The number of rotatable bonds is 2. The smallest absolute Gasteiger partial charge is 0.342 e. The van der Waals surface area contributed by atoms with Crippen molar-refractivity contribution in [1.82, 2.24) is 0 Å². The Kier molecular flexibility index (Phi) is 3.84. The van der Waals surface area contributed by atoms with Crippen LogP contribution in [-0.2, 0) is 19.1 Å². The molecule has 0 radical (unpaired) electrons. The fraction of sp³-hybridized carbons (Fsp3) is 0.647. The van der Waals surface area contributed by atoms with E-state index in [1.807, 2.05) is 0 Å². The summed E-state index contributed by atoms with van der Waals surface area (Å²) in [7, 11) is 0. The van der Waals surface area contributed by atoms with Gasteiger partial charge in [-0.2, -0.15) is 0 Å². The van der Waals surface area contributed by atoms with E-state index in [2.05, 4.69) is 13.2 Å². The maximum Gasteiger partial charge on any atom is 0.342 e. The Morgan fingerprint density at radius 3 is 2.83 bits per heavy atom. The lowest BCUT2D eigenvalue weighted by atomic mass is 9.78. The van der Waals surface area contributed by atoms with Crippen molar-refractivity contribution in [3.05, 3.63) is 24.3 Å². The van der Waals surface area contributed by atoms with Crippen molar-refractivity contribution >= 4 is 11.9 Å². The zero-order valence-electron chi connectivity index (χ0n) is 13.2. The number of allylic oxidation sites excluding steroid dienone is 1. The zero-order chi connectivity index (χ0) is 16.9. The summed E-state index contributed by atoms with van der Waals surface area (Å²) in [5, 5.41) is 20.9. The van der Waals surface area contributed by atoms with Crippen molar-refractivity contribution in [2.75, 3.05) is 6.61 Å². The van der Waals surface area contributed by atoms with Crippen LogP contribution < -0.4 is 0 Å². The van der Waals surface area contributed by atoms with E-state index >= 15 is 0 Å². The molecule has 0 aromatic rings. The predicted molar refractivity (Wildman–Crippen MR) is 80.1 cm³/mol. The normalized spacial score (nSPS) is 42.7. The molecule has 2 aliphatic carbocycles. The van der Waals surface area contributed by atoms with E-state index in [0.29, 0.717) is 24.8 Å². The monoisotopic (exact) mass is 322 g/mol. The van der Waals surface area contributed by atoms with E-state index in [0.717, 1.165) is 5.57 Å². The highest BCUT2D eigenvalue weighted by Crippen LogP contribution is 2.53. The molecule has 1 saturated heterocycles. The van der Waals surface area contributed by atoms with Gasteiger partial charge < -0.3 is 19.7 Å². The van der Waals surface area contributed by atoms with Gasteiger partial charge in [0.05, 0.1) is 6.10 Å². The molecule has 1 aliphatic heterocycles. The van der Waals surface area contributed by atoms with Crippen LogP contribution >= 0.6 is 0 Å². The fourth-order valence-corrected chi connectivity index (χ4v) is 4.24. The van der Waals surface area contributed by atoms with E-state index in [4.69, 9.17) is 9.47 Å². The molecule has 6 heteroatoms. The lowest BCUT2D eigenvalue weighted by molar-refractivity contribution is -0.166. The molecule has 6 nitrogen and oxygen atoms in total. The first kappa shape index (κ1) is 16.2. The molecule has 126 valence electrons. The molecule has 3 fully saturated rings. The van der Waals surface area contributed by atoms with Crippen LogP contribution in [0, 0.1) is 17.8 Å². The van der Waals surface area contributed by atoms with Crippen LogP contribution in [0.1, 0.15) is 26.2 Å². The number of carbonyl (C=O) groups excluding carboxylic acids is 2. The van der Waals surface area contributed by atoms with Crippen molar-refractivity contribution < 1.29 is 29.3 Å². The van der Waals surface area contributed by atoms with Gasteiger partial charge in [0.1, 0.15) is 12.7 Å². The molecule has 0 spiro atoms. The maximum atomic E-state index is 12.3. The van der Waals surface area contributed by atoms with Gasteiger partial charge in [0.25, 0.3) is 0 Å². The van der Waals surface area contributed by atoms with Crippen molar-refractivity contribution in [1.29, 1.82) is 0 Å². The first-order valence-electron chi connectivity index (χ1n) is 7.87. The standard InChI is InChI=1S/C17H22O6/c1-8-4-5-12-15(14-9(2)13(19)6-11(8)14)23-16(20)17(12,21)7-22-10(3)18/h11-15,19,21H,1-2,4-7H2,3H3/t11-,12-,13-,14-,15+,17-/m0/s1. The molecule has 2 saturated carbocycles. The van der Waals surface area contributed by atoms with E-state index < -0.39 is 42.3 Å². The number of aliphatic hydroxyl groups is 2. The maximum absolute atomic E-state index is 12.3. The van der Waals surface area contributed by atoms with Crippen molar-refractivity contribution in [3.63, 3.8) is 0 Å². The number of esters is 2. The molecule has 3 aliphatic rings. The number of hydrogen-bond donors (Lipinski definition) is 2. The average molecular weight is 322 g/mol. The molecule has 23 heavy (non-hydrogen) atoms. The van der Waals surface area contributed by atoms with Crippen molar-refractivity contribution in [2.45, 2.75) is 44.0 Å². The Labute approximate surface area is 134 Å². The van der Waals surface area contributed by atoms with Gasteiger partial charge >= 0.3 is 11.9 Å². The zero-order valence-corrected chi connectivity index (χ0v) is 13.2. The highest BCUT2D eigenvalue weighted by Gasteiger charge is 2.62. The molecule has 2 N–H and O–H groups in total. The van der Waals surface area contributed by atoms with E-state index in [1.165, 1.54) is 6.92 Å².